The van der Waals surface area contributed by atoms with Crippen LogP contribution < -0.4 is 5.32 Å². The van der Waals surface area contributed by atoms with E-state index in [-0.39, 0.29) is 16.7 Å². The Bertz CT molecular complexity index is 594. The van der Waals surface area contributed by atoms with Crippen molar-refractivity contribution < 1.29 is 17.9 Å². The van der Waals surface area contributed by atoms with Crippen molar-refractivity contribution in [1.29, 1.82) is 0 Å². The van der Waals surface area contributed by atoms with Gasteiger partial charge in [-0.05, 0) is 24.6 Å². The van der Waals surface area contributed by atoms with Crippen molar-refractivity contribution in [1.82, 2.24) is 0 Å². The number of anilines is 1. The molecule has 1 fully saturated rings. The first kappa shape index (κ1) is 14.3. The Morgan fingerprint density at radius 2 is 2.21 bits per heavy atom. The predicted molar refractivity (Wildman–Crippen MR) is 72.1 cm³/mol. The van der Waals surface area contributed by atoms with E-state index in [1.165, 1.54) is 18.2 Å². The first-order chi connectivity index (χ1) is 8.88. The van der Waals surface area contributed by atoms with Gasteiger partial charge < -0.3 is 10.1 Å². The Kier molecular flexibility index (Phi) is 4.13. The van der Waals surface area contributed by atoms with Crippen molar-refractivity contribution in [3.63, 3.8) is 0 Å². The maximum Gasteiger partial charge on any atom is 0.229 e. The Morgan fingerprint density at radius 1 is 1.47 bits per heavy atom. The van der Waals surface area contributed by atoms with E-state index in [1.807, 2.05) is 0 Å². The van der Waals surface area contributed by atoms with E-state index in [1.54, 1.807) is 0 Å². The number of halogens is 1. The number of sulfone groups is 1. The van der Waals surface area contributed by atoms with Gasteiger partial charge in [-0.3, -0.25) is 4.79 Å². The fraction of sp³-hybridized carbons (Fsp3) is 0.417. The number of rotatable bonds is 3. The minimum Gasteiger partial charge on any atom is -0.381 e. The van der Waals surface area contributed by atoms with Gasteiger partial charge in [-0.25, -0.2) is 8.42 Å². The van der Waals surface area contributed by atoms with Gasteiger partial charge in [0.2, 0.25) is 5.91 Å². The molecule has 7 heteroatoms. The molecule has 1 amide bonds. The molecule has 1 aromatic carbocycles. The molecular formula is C12H14ClNO4S. The Labute approximate surface area is 116 Å². The number of nitrogens with one attached hydrogen (secondary N) is 1. The van der Waals surface area contributed by atoms with Crippen LogP contribution in [0.5, 0.6) is 0 Å². The van der Waals surface area contributed by atoms with Gasteiger partial charge in [0.05, 0.1) is 28.1 Å². The van der Waals surface area contributed by atoms with Crippen molar-refractivity contribution in [2.45, 2.75) is 11.3 Å². The lowest BCUT2D eigenvalue weighted by atomic mass is 10.1. The lowest BCUT2D eigenvalue weighted by Gasteiger charge is -2.11. The van der Waals surface area contributed by atoms with Crippen molar-refractivity contribution >= 4 is 33.0 Å². The zero-order chi connectivity index (χ0) is 14.0. The smallest absolute Gasteiger partial charge is 0.229 e. The molecule has 5 nitrogen and oxygen atoms in total. The van der Waals surface area contributed by atoms with Gasteiger partial charge in [0.1, 0.15) is 0 Å². The SMILES string of the molecule is CS(=O)(=O)c1ccc(Cl)c(NC(=O)C2CCOC2)c1. The molecule has 0 aliphatic carbocycles. The summed E-state index contributed by atoms with van der Waals surface area (Å²) in [4.78, 5) is 12.0. The molecule has 1 saturated heterocycles. The van der Waals surface area contributed by atoms with Crippen molar-refractivity contribution in [2.75, 3.05) is 24.8 Å². The number of hydrogen-bond donors (Lipinski definition) is 1. The highest BCUT2D eigenvalue weighted by atomic mass is 35.5. The van der Waals surface area contributed by atoms with E-state index >= 15 is 0 Å². The average Bonchev–Trinajstić information content (AvgIpc) is 2.84. The summed E-state index contributed by atoms with van der Waals surface area (Å²) >= 11 is 5.96. The number of carbonyl (C=O) groups is 1. The average molecular weight is 304 g/mol. The van der Waals surface area contributed by atoms with Crippen LogP contribution in [0.2, 0.25) is 5.02 Å². The van der Waals surface area contributed by atoms with Gasteiger partial charge in [0.25, 0.3) is 0 Å². The second kappa shape index (κ2) is 5.48. The molecule has 104 valence electrons. The molecule has 1 heterocycles. The highest BCUT2D eigenvalue weighted by Gasteiger charge is 2.24. The van der Waals surface area contributed by atoms with Gasteiger partial charge in [-0.1, -0.05) is 11.6 Å². The lowest BCUT2D eigenvalue weighted by molar-refractivity contribution is -0.119. The predicted octanol–water partition coefficient (Wildman–Crippen LogP) is 1.72. The quantitative estimate of drug-likeness (QED) is 0.923. The third-order valence-electron chi connectivity index (χ3n) is 2.92. The van der Waals surface area contributed by atoms with Crippen LogP contribution in [0.4, 0.5) is 5.69 Å². The maximum absolute atomic E-state index is 11.9. The highest BCUT2D eigenvalue weighted by molar-refractivity contribution is 7.90. The summed E-state index contributed by atoms with van der Waals surface area (Å²) < 4.78 is 28.1. The molecule has 0 spiro atoms. The zero-order valence-corrected chi connectivity index (χ0v) is 11.9. The fourth-order valence-corrected chi connectivity index (χ4v) is 2.62. The van der Waals surface area contributed by atoms with E-state index < -0.39 is 9.84 Å². The second-order valence-electron chi connectivity index (χ2n) is 4.46. The second-order valence-corrected chi connectivity index (χ2v) is 6.89. The summed E-state index contributed by atoms with van der Waals surface area (Å²) in [6, 6.07) is 4.23. The first-order valence-corrected chi connectivity index (χ1v) is 8.03. The summed E-state index contributed by atoms with van der Waals surface area (Å²) in [6.45, 7) is 0.949. The maximum atomic E-state index is 11.9. The molecule has 1 unspecified atom stereocenters. The van der Waals surface area contributed by atoms with Crippen LogP contribution in [0.3, 0.4) is 0 Å². The van der Waals surface area contributed by atoms with Gasteiger partial charge >= 0.3 is 0 Å². The third-order valence-corrected chi connectivity index (χ3v) is 4.36. The molecule has 2 rings (SSSR count). The number of hydrogen-bond acceptors (Lipinski definition) is 4. The molecule has 0 radical (unpaired) electrons. The molecule has 0 saturated carbocycles. The Balaban J connectivity index is 2.22. The summed E-state index contributed by atoms with van der Waals surface area (Å²) in [6.07, 6.45) is 1.77. The minimum atomic E-state index is -3.33. The molecule has 19 heavy (non-hydrogen) atoms. The molecule has 1 atom stereocenters. The summed E-state index contributed by atoms with van der Waals surface area (Å²) in [5.74, 6) is -0.414. The largest absolute Gasteiger partial charge is 0.381 e. The monoisotopic (exact) mass is 303 g/mol. The van der Waals surface area contributed by atoms with Gasteiger partial charge in [-0.2, -0.15) is 0 Å². The topological polar surface area (TPSA) is 72.5 Å². The van der Waals surface area contributed by atoms with Crippen molar-refractivity contribution in [2.24, 2.45) is 5.92 Å². The number of ether oxygens (including phenoxy) is 1. The minimum absolute atomic E-state index is 0.120. The summed E-state index contributed by atoms with van der Waals surface area (Å²) in [5.41, 5.74) is 0.307. The normalized spacial score (nSPS) is 19.4. The molecule has 1 aliphatic heterocycles. The Morgan fingerprint density at radius 3 is 2.79 bits per heavy atom. The van der Waals surface area contributed by atoms with Crippen molar-refractivity contribution in [3.8, 4) is 0 Å². The van der Waals surface area contributed by atoms with Gasteiger partial charge in [0.15, 0.2) is 9.84 Å². The zero-order valence-electron chi connectivity index (χ0n) is 10.3. The molecule has 1 N–H and O–H groups in total. The van der Waals surface area contributed by atoms with E-state index in [2.05, 4.69) is 5.32 Å². The van der Waals surface area contributed by atoms with Crippen LogP contribution in [-0.4, -0.2) is 33.8 Å². The van der Waals surface area contributed by atoms with Crippen LogP contribution in [0, 0.1) is 5.92 Å². The van der Waals surface area contributed by atoms with Gasteiger partial charge in [-0.15, -0.1) is 0 Å². The summed E-state index contributed by atoms with van der Waals surface area (Å²) in [5, 5.41) is 2.95. The van der Waals surface area contributed by atoms with Gasteiger partial charge in [0, 0.05) is 12.9 Å². The van der Waals surface area contributed by atoms with Crippen molar-refractivity contribution in [3.05, 3.63) is 23.2 Å². The van der Waals surface area contributed by atoms with Crippen LogP contribution >= 0.6 is 11.6 Å². The van der Waals surface area contributed by atoms with E-state index in [0.29, 0.717) is 30.3 Å². The van der Waals surface area contributed by atoms with Crippen LogP contribution in [0.1, 0.15) is 6.42 Å². The standard InChI is InChI=1S/C12H14ClNO4S/c1-19(16,17)9-2-3-10(13)11(6-9)14-12(15)8-4-5-18-7-8/h2-3,6,8H,4-5,7H2,1H3,(H,14,15). The van der Waals surface area contributed by atoms with Crippen LogP contribution in [0.25, 0.3) is 0 Å². The molecule has 1 aliphatic rings. The molecule has 0 aromatic heterocycles. The van der Waals surface area contributed by atoms with E-state index in [0.717, 1.165) is 6.26 Å². The highest BCUT2D eigenvalue weighted by Crippen LogP contribution is 2.26. The van der Waals surface area contributed by atoms with Crippen LogP contribution in [-0.2, 0) is 19.4 Å². The summed E-state index contributed by atoms with van der Waals surface area (Å²) in [7, 11) is -3.33. The lowest BCUT2D eigenvalue weighted by Crippen LogP contribution is -2.23. The van der Waals surface area contributed by atoms with Crippen LogP contribution in [0.15, 0.2) is 23.1 Å². The molecular weight excluding hydrogens is 290 g/mol. The number of benzene rings is 1. The third kappa shape index (κ3) is 3.46. The fourth-order valence-electron chi connectivity index (χ4n) is 1.81. The first-order valence-electron chi connectivity index (χ1n) is 5.76. The number of amides is 1. The Hall–Kier alpha value is -1.11. The molecule has 0 bridgehead atoms. The van der Waals surface area contributed by atoms with E-state index in [4.69, 9.17) is 16.3 Å². The van der Waals surface area contributed by atoms with E-state index in [9.17, 15) is 13.2 Å². The number of carbonyl (C=O) groups excluding carboxylic acids is 1. The molecule has 1 aromatic rings.